The van der Waals surface area contributed by atoms with Crippen LogP contribution in [0.3, 0.4) is 0 Å². The standard InChI is InChI=1S/C11H8Br2N2O/c12-9-1-2-11(16)15(7-9)6-8-3-10(13)5-14-4-8/h1-5,7H,6H2. The first-order chi connectivity index (χ1) is 7.65. The third-order valence-corrected chi connectivity index (χ3v) is 2.96. The molecule has 0 saturated heterocycles. The van der Waals surface area contributed by atoms with Gasteiger partial charge in [-0.2, -0.15) is 0 Å². The van der Waals surface area contributed by atoms with Gasteiger partial charge in [-0.15, -0.1) is 0 Å². The second-order valence-electron chi connectivity index (χ2n) is 3.32. The number of pyridine rings is 2. The molecule has 0 unspecified atom stereocenters. The van der Waals surface area contributed by atoms with Gasteiger partial charge in [-0.25, -0.2) is 0 Å². The highest BCUT2D eigenvalue weighted by Gasteiger charge is 2.00. The Kier molecular flexibility index (Phi) is 3.56. The Balaban J connectivity index is 2.34. The van der Waals surface area contributed by atoms with Gasteiger partial charge in [-0.05, 0) is 49.6 Å². The van der Waals surface area contributed by atoms with Crippen molar-refractivity contribution in [2.45, 2.75) is 6.54 Å². The molecule has 2 heterocycles. The van der Waals surface area contributed by atoms with Crippen LogP contribution in [-0.2, 0) is 6.54 Å². The first-order valence-electron chi connectivity index (χ1n) is 4.60. The van der Waals surface area contributed by atoms with E-state index < -0.39 is 0 Å². The van der Waals surface area contributed by atoms with Gasteiger partial charge in [0.1, 0.15) is 0 Å². The minimum Gasteiger partial charge on any atom is -0.310 e. The van der Waals surface area contributed by atoms with Gasteiger partial charge in [0.15, 0.2) is 0 Å². The lowest BCUT2D eigenvalue weighted by Crippen LogP contribution is -2.18. The van der Waals surface area contributed by atoms with Crippen molar-refractivity contribution >= 4 is 31.9 Å². The Labute approximate surface area is 109 Å². The zero-order valence-corrected chi connectivity index (χ0v) is 11.4. The summed E-state index contributed by atoms with van der Waals surface area (Å²) in [6.07, 6.45) is 5.23. The molecule has 0 N–H and O–H groups in total. The first-order valence-corrected chi connectivity index (χ1v) is 6.19. The molecule has 5 heteroatoms. The Morgan fingerprint density at radius 2 is 2.00 bits per heavy atom. The average molecular weight is 344 g/mol. The molecule has 82 valence electrons. The fourth-order valence-electron chi connectivity index (χ4n) is 1.36. The smallest absolute Gasteiger partial charge is 0.250 e. The number of nitrogens with zero attached hydrogens (tertiary/aromatic N) is 2. The molecule has 0 aliphatic carbocycles. The fourth-order valence-corrected chi connectivity index (χ4v) is 2.16. The maximum absolute atomic E-state index is 11.6. The summed E-state index contributed by atoms with van der Waals surface area (Å²) in [6, 6.07) is 5.22. The predicted molar refractivity (Wildman–Crippen MR) is 69.4 cm³/mol. The van der Waals surface area contributed by atoms with Crippen molar-refractivity contribution in [2.24, 2.45) is 0 Å². The largest absolute Gasteiger partial charge is 0.310 e. The third-order valence-electron chi connectivity index (χ3n) is 2.06. The Hall–Kier alpha value is -0.940. The van der Waals surface area contributed by atoms with E-state index in [1.165, 1.54) is 6.07 Å². The topological polar surface area (TPSA) is 34.9 Å². The molecular weight excluding hydrogens is 336 g/mol. The van der Waals surface area contributed by atoms with E-state index in [4.69, 9.17) is 0 Å². The second-order valence-corrected chi connectivity index (χ2v) is 5.16. The molecule has 2 aromatic heterocycles. The summed E-state index contributed by atoms with van der Waals surface area (Å²) in [5.74, 6) is 0. The molecule has 16 heavy (non-hydrogen) atoms. The van der Waals surface area contributed by atoms with E-state index in [1.807, 2.05) is 6.07 Å². The van der Waals surface area contributed by atoms with Crippen LogP contribution in [0, 0.1) is 0 Å². The average Bonchev–Trinajstić information content (AvgIpc) is 2.24. The molecular formula is C11H8Br2N2O. The molecule has 0 spiro atoms. The molecule has 0 aromatic carbocycles. The molecule has 2 rings (SSSR count). The van der Waals surface area contributed by atoms with E-state index in [9.17, 15) is 4.79 Å². The van der Waals surface area contributed by atoms with Crippen LogP contribution >= 0.6 is 31.9 Å². The van der Waals surface area contributed by atoms with Gasteiger partial charge in [0, 0.05) is 33.6 Å². The second kappa shape index (κ2) is 4.93. The van der Waals surface area contributed by atoms with E-state index in [-0.39, 0.29) is 5.56 Å². The number of hydrogen-bond donors (Lipinski definition) is 0. The summed E-state index contributed by atoms with van der Waals surface area (Å²) < 4.78 is 3.43. The van der Waals surface area contributed by atoms with E-state index >= 15 is 0 Å². The van der Waals surface area contributed by atoms with Gasteiger partial charge in [0.25, 0.3) is 5.56 Å². The molecule has 0 fully saturated rings. The maximum Gasteiger partial charge on any atom is 0.250 e. The lowest BCUT2D eigenvalue weighted by molar-refractivity contribution is 0.752. The minimum atomic E-state index is -0.0248. The number of rotatable bonds is 2. The minimum absolute atomic E-state index is 0.0248. The van der Waals surface area contributed by atoms with Crippen LogP contribution in [0.25, 0.3) is 0 Å². The van der Waals surface area contributed by atoms with Crippen molar-refractivity contribution < 1.29 is 0 Å². The monoisotopic (exact) mass is 342 g/mol. The normalized spacial score (nSPS) is 10.4. The molecule has 3 nitrogen and oxygen atoms in total. The summed E-state index contributed by atoms with van der Waals surface area (Å²) in [4.78, 5) is 15.6. The van der Waals surface area contributed by atoms with Crippen LogP contribution in [0.1, 0.15) is 5.56 Å². The van der Waals surface area contributed by atoms with Crippen molar-refractivity contribution in [3.63, 3.8) is 0 Å². The quantitative estimate of drug-likeness (QED) is 0.840. The van der Waals surface area contributed by atoms with Crippen molar-refractivity contribution in [1.29, 1.82) is 0 Å². The Bertz CT molecular complexity index is 566. The van der Waals surface area contributed by atoms with E-state index in [0.29, 0.717) is 6.54 Å². The van der Waals surface area contributed by atoms with E-state index in [0.717, 1.165) is 14.5 Å². The third kappa shape index (κ3) is 2.80. The summed E-state index contributed by atoms with van der Waals surface area (Å²) in [7, 11) is 0. The fraction of sp³-hybridized carbons (Fsp3) is 0.0909. The van der Waals surface area contributed by atoms with Gasteiger partial charge < -0.3 is 4.57 Å². The summed E-state index contributed by atoms with van der Waals surface area (Å²) >= 11 is 6.69. The molecule has 2 aromatic rings. The lowest BCUT2D eigenvalue weighted by atomic mass is 10.3. The van der Waals surface area contributed by atoms with Crippen LogP contribution in [0.5, 0.6) is 0 Å². The van der Waals surface area contributed by atoms with Crippen molar-refractivity contribution in [2.75, 3.05) is 0 Å². The molecule has 0 aliphatic heterocycles. The van der Waals surface area contributed by atoms with Crippen LogP contribution in [0.4, 0.5) is 0 Å². The highest BCUT2D eigenvalue weighted by molar-refractivity contribution is 9.10. The van der Waals surface area contributed by atoms with Gasteiger partial charge in [-0.3, -0.25) is 9.78 Å². The van der Waals surface area contributed by atoms with Crippen LogP contribution in [0.15, 0.2) is 50.5 Å². The Morgan fingerprint density at radius 1 is 1.19 bits per heavy atom. The van der Waals surface area contributed by atoms with Crippen molar-refractivity contribution in [1.82, 2.24) is 9.55 Å². The zero-order valence-electron chi connectivity index (χ0n) is 8.23. The predicted octanol–water partition coefficient (Wildman–Crippen LogP) is 2.82. The molecule has 0 radical (unpaired) electrons. The highest BCUT2D eigenvalue weighted by Crippen LogP contribution is 2.11. The van der Waals surface area contributed by atoms with Gasteiger partial charge in [0.05, 0.1) is 6.54 Å². The van der Waals surface area contributed by atoms with Crippen molar-refractivity contribution in [3.8, 4) is 0 Å². The van der Waals surface area contributed by atoms with Gasteiger partial charge in [-0.1, -0.05) is 0 Å². The van der Waals surface area contributed by atoms with Crippen LogP contribution in [-0.4, -0.2) is 9.55 Å². The number of halogens is 2. The van der Waals surface area contributed by atoms with Gasteiger partial charge >= 0.3 is 0 Å². The van der Waals surface area contributed by atoms with E-state index in [2.05, 4.69) is 36.8 Å². The Morgan fingerprint density at radius 3 is 2.75 bits per heavy atom. The maximum atomic E-state index is 11.6. The lowest BCUT2D eigenvalue weighted by Gasteiger charge is -2.05. The summed E-state index contributed by atoms with van der Waals surface area (Å²) in [6.45, 7) is 0.519. The molecule has 0 amide bonds. The SMILES string of the molecule is O=c1ccc(Br)cn1Cc1cncc(Br)c1. The number of aromatic nitrogens is 2. The van der Waals surface area contributed by atoms with Crippen molar-refractivity contribution in [3.05, 3.63) is 61.7 Å². The molecule has 0 saturated carbocycles. The molecule has 0 bridgehead atoms. The molecule has 0 aliphatic rings. The number of hydrogen-bond acceptors (Lipinski definition) is 2. The van der Waals surface area contributed by atoms with Crippen LogP contribution < -0.4 is 5.56 Å². The summed E-state index contributed by atoms with van der Waals surface area (Å²) in [5, 5.41) is 0. The molecule has 0 atom stereocenters. The summed E-state index contributed by atoms with van der Waals surface area (Å²) in [5.41, 5.74) is 0.956. The first kappa shape index (κ1) is 11.5. The highest BCUT2D eigenvalue weighted by atomic mass is 79.9. The zero-order chi connectivity index (χ0) is 11.5. The van der Waals surface area contributed by atoms with Crippen LogP contribution in [0.2, 0.25) is 0 Å². The van der Waals surface area contributed by atoms with Gasteiger partial charge in [0.2, 0.25) is 0 Å². The van der Waals surface area contributed by atoms with E-state index in [1.54, 1.807) is 29.2 Å².